The van der Waals surface area contributed by atoms with E-state index in [4.69, 9.17) is 5.11 Å². The Morgan fingerprint density at radius 3 is 2.67 bits per heavy atom. The van der Waals surface area contributed by atoms with Gasteiger partial charge in [-0.3, -0.25) is 10.1 Å². The molecule has 1 aromatic carbocycles. The van der Waals surface area contributed by atoms with Crippen LogP contribution in [-0.2, 0) is 0 Å². The van der Waals surface area contributed by atoms with Crippen molar-refractivity contribution in [2.75, 3.05) is 23.9 Å². The van der Waals surface area contributed by atoms with Gasteiger partial charge in [0.05, 0.1) is 10.5 Å². The molecule has 7 heteroatoms. The number of aromatic carboxylic acids is 1. The second kappa shape index (κ2) is 9.23. The van der Waals surface area contributed by atoms with Crippen molar-refractivity contribution in [1.82, 2.24) is 0 Å². The monoisotopic (exact) mass is 312 g/mol. The molecule has 0 unspecified atom stereocenters. The van der Waals surface area contributed by atoms with Gasteiger partial charge in [0, 0.05) is 12.6 Å². The lowest BCUT2D eigenvalue weighted by atomic mass is 10.1. The highest BCUT2D eigenvalue weighted by molar-refractivity contribution is 7.98. The molecule has 0 fully saturated rings. The standard InChI is InChI=1S/C14H20N2O4S/c1-21-9-5-3-2-4-8-15-12-10-11(14(17)18)6-7-13(12)16(19)20/h6-7,10,15H,2-5,8-9H2,1H3,(H,17,18). The quantitative estimate of drug-likeness (QED) is 0.389. The topological polar surface area (TPSA) is 92.5 Å². The summed E-state index contributed by atoms with van der Waals surface area (Å²) in [6.45, 7) is 0.600. The van der Waals surface area contributed by atoms with Crippen molar-refractivity contribution in [2.45, 2.75) is 25.7 Å². The lowest BCUT2D eigenvalue weighted by Gasteiger charge is -2.08. The number of nitro benzene ring substituents is 1. The van der Waals surface area contributed by atoms with Crippen molar-refractivity contribution >= 4 is 29.1 Å². The van der Waals surface area contributed by atoms with E-state index in [9.17, 15) is 14.9 Å². The minimum atomic E-state index is -1.09. The Balaban J connectivity index is 2.53. The fourth-order valence-corrected chi connectivity index (χ4v) is 2.41. The molecule has 0 saturated heterocycles. The molecule has 0 aliphatic heterocycles. The molecule has 6 nitrogen and oxygen atoms in total. The van der Waals surface area contributed by atoms with E-state index >= 15 is 0 Å². The number of nitro groups is 1. The molecule has 0 aliphatic carbocycles. The fourth-order valence-electron chi connectivity index (χ4n) is 1.92. The Bertz CT molecular complexity index is 494. The van der Waals surface area contributed by atoms with E-state index < -0.39 is 10.9 Å². The first-order chi connectivity index (χ1) is 10.1. The van der Waals surface area contributed by atoms with Crippen LogP contribution in [0.3, 0.4) is 0 Å². The molecule has 21 heavy (non-hydrogen) atoms. The van der Waals surface area contributed by atoms with Gasteiger partial charge in [-0.2, -0.15) is 11.8 Å². The Labute approximate surface area is 128 Å². The van der Waals surface area contributed by atoms with E-state index in [1.165, 1.54) is 24.6 Å². The number of benzene rings is 1. The summed E-state index contributed by atoms with van der Waals surface area (Å²) in [7, 11) is 0. The number of rotatable bonds is 10. The summed E-state index contributed by atoms with van der Waals surface area (Å²) in [6, 6.07) is 3.78. The molecule has 0 aliphatic rings. The highest BCUT2D eigenvalue weighted by Gasteiger charge is 2.15. The number of nitrogens with one attached hydrogen (secondary N) is 1. The Hall–Kier alpha value is -1.76. The predicted molar refractivity (Wildman–Crippen MR) is 85.4 cm³/mol. The van der Waals surface area contributed by atoms with E-state index in [1.54, 1.807) is 0 Å². The van der Waals surface area contributed by atoms with Crippen LogP contribution in [0.5, 0.6) is 0 Å². The summed E-state index contributed by atoms with van der Waals surface area (Å²) in [6.07, 6.45) is 6.36. The number of unbranched alkanes of at least 4 members (excludes halogenated alkanes) is 3. The molecule has 0 heterocycles. The molecule has 0 radical (unpaired) electrons. The van der Waals surface area contributed by atoms with Crippen molar-refractivity contribution in [3.05, 3.63) is 33.9 Å². The first-order valence-corrected chi connectivity index (χ1v) is 8.20. The summed E-state index contributed by atoms with van der Waals surface area (Å²) >= 11 is 1.83. The number of carboxylic acid groups (broad SMARTS) is 1. The maximum Gasteiger partial charge on any atom is 0.335 e. The highest BCUT2D eigenvalue weighted by Crippen LogP contribution is 2.25. The van der Waals surface area contributed by atoms with Gasteiger partial charge in [0.2, 0.25) is 0 Å². The van der Waals surface area contributed by atoms with E-state index in [1.807, 2.05) is 11.8 Å². The third-order valence-corrected chi connectivity index (χ3v) is 3.73. The maximum atomic E-state index is 10.9. The lowest BCUT2D eigenvalue weighted by Crippen LogP contribution is -2.06. The van der Waals surface area contributed by atoms with Crippen LogP contribution in [0.25, 0.3) is 0 Å². The van der Waals surface area contributed by atoms with Crippen LogP contribution in [-0.4, -0.2) is 34.6 Å². The molecule has 116 valence electrons. The molecule has 1 rings (SSSR count). The average molecular weight is 312 g/mol. The Morgan fingerprint density at radius 1 is 1.33 bits per heavy atom. The van der Waals surface area contributed by atoms with Gasteiger partial charge >= 0.3 is 5.97 Å². The number of carboxylic acids is 1. The van der Waals surface area contributed by atoms with E-state index in [0.29, 0.717) is 6.54 Å². The molecular weight excluding hydrogens is 292 g/mol. The van der Waals surface area contributed by atoms with Gasteiger partial charge in [-0.05, 0) is 37.0 Å². The summed E-state index contributed by atoms with van der Waals surface area (Å²) in [5.41, 5.74) is 0.217. The van der Waals surface area contributed by atoms with Crippen molar-refractivity contribution in [3.8, 4) is 0 Å². The number of thioether (sulfide) groups is 1. The second-order valence-corrected chi connectivity index (χ2v) is 5.61. The predicted octanol–water partition coefficient (Wildman–Crippen LogP) is 3.63. The lowest BCUT2D eigenvalue weighted by molar-refractivity contribution is -0.384. The first kappa shape index (κ1) is 17.3. The second-order valence-electron chi connectivity index (χ2n) is 4.63. The molecule has 2 N–H and O–H groups in total. The highest BCUT2D eigenvalue weighted by atomic mass is 32.2. The zero-order valence-corrected chi connectivity index (χ0v) is 12.8. The maximum absolute atomic E-state index is 10.9. The van der Waals surface area contributed by atoms with Crippen LogP contribution in [0, 0.1) is 10.1 Å². The van der Waals surface area contributed by atoms with E-state index in [0.717, 1.165) is 25.0 Å². The SMILES string of the molecule is CSCCCCCCNc1cc(C(=O)O)ccc1[N+](=O)[O-]. The van der Waals surface area contributed by atoms with Gasteiger partial charge in [0.15, 0.2) is 0 Å². The van der Waals surface area contributed by atoms with Gasteiger partial charge in [-0.1, -0.05) is 12.8 Å². The molecule has 0 bridgehead atoms. The number of hydrogen-bond donors (Lipinski definition) is 2. The van der Waals surface area contributed by atoms with Crippen molar-refractivity contribution < 1.29 is 14.8 Å². The first-order valence-electron chi connectivity index (χ1n) is 6.80. The normalized spacial score (nSPS) is 10.3. The fraction of sp³-hybridized carbons (Fsp3) is 0.500. The van der Waals surface area contributed by atoms with Crippen molar-refractivity contribution in [1.29, 1.82) is 0 Å². The number of nitrogens with zero attached hydrogens (tertiary/aromatic N) is 1. The summed E-state index contributed by atoms with van der Waals surface area (Å²) < 4.78 is 0. The zero-order valence-electron chi connectivity index (χ0n) is 12.0. The minimum absolute atomic E-state index is 0.0445. The van der Waals surface area contributed by atoms with Gasteiger partial charge in [-0.15, -0.1) is 0 Å². The van der Waals surface area contributed by atoms with Crippen molar-refractivity contribution in [2.24, 2.45) is 0 Å². The third-order valence-electron chi connectivity index (χ3n) is 3.03. The molecule has 0 saturated carbocycles. The summed E-state index contributed by atoms with van der Waals surface area (Å²) in [5, 5.41) is 22.8. The summed E-state index contributed by atoms with van der Waals surface area (Å²) in [4.78, 5) is 21.3. The van der Waals surface area contributed by atoms with Crippen LogP contribution >= 0.6 is 11.8 Å². The van der Waals surface area contributed by atoms with Crippen LogP contribution in [0.4, 0.5) is 11.4 Å². The number of anilines is 1. The Kier molecular flexibility index (Phi) is 7.60. The zero-order chi connectivity index (χ0) is 15.7. The van der Waals surface area contributed by atoms with Crippen LogP contribution < -0.4 is 5.32 Å². The molecule has 0 amide bonds. The van der Waals surface area contributed by atoms with E-state index in [2.05, 4.69) is 11.6 Å². The van der Waals surface area contributed by atoms with E-state index in [-0.39, 0.29) is 16.9 Å². The van der Waals surface area contributed by atoms with Crippen LogP contribution in [0.2, 0.25) is 0 Å². The molecule has 0 aromatic heterocycles. The van der Waals surface area contributed by atoms with Crippen LogP contribution in [0.15, 0.2) is 18.2 Å². The van der Waals surface area contributed by atoms with Gasteiger partial charge < -0.3 is 10.4 Å². The minimum Gasteiger partial charge on any atom is -0.478 e. The Morgan fingerprint density at radius 2 is 2.05 bits per heavy atom. The molecule has 0 atom stereocenters. The smallest absolute Gasteiger partial charge is 0.335 e. The molecular formula is C14H20N2O4S. The van der Waals surface area contributed by atoms with Gasteiger partial charge in [0.1, 0.15) is 5.69 Å². The molecule has 0 spiro atoms. The largest absolute Gasteiger partial charge is 0.478 e. The average Bonchev–Trinajstić information content (AvgIpc) is 2.45. The van der Waals surface area contributed by atoms with Gasteiger partial charge in [-0.25, -0.2) is 4.79 Å². The molecule has 1 aromatic rings. The summed E-state index contributed by atoms with van der Waals surface area (Å²) in [5.74, 6) is 0.0598. The third kappa shape index (κ3) is 6.03. The number of carbonyl (C=O) groups is 1. The number of hydrogen-bond acceptors (Lipinski definition) is 5. The van der Waals surface area contributed by atoms with Gasteiger partial charge in [0.25, 0.3) is 5.69 Å². The van der Waals surface area contributed by atoms with Crippen LogP contribution in [0.1, 0.15) is 36.0 Å². The van der Waals surface area contributed by atoms with Crippen molar-refractivity contribution in [3.63, 3.8) is 0 Å².